The third kappa shape index (κ3) is 3.30. The van der Waals surface area contributed by atoms with Crippen molar-refractivity contribution in [3.05, 3.63) is 48.2 Å². The van der Waals surface area contributed by atoms with Crippen molar-refractivity contribution in [3.8, 4) is 22.6 Å². The van der Waals surface area contributed by atoms with Crippen LogP contribution in [0.2, 0.25) is 0 Å². The van der Waals surface area contributed by atoms with E-state index in [0.29, 0.717) is 11.9 Å². The van der Waals surface area contributed by atoms with Gasteiger partial charge in [-0.3, -0.25) is 0 Å². The number of H-pyrrole nitrogens is 1. The van der Waals surface area contributed by atoms with E-state index in [1.807, 2.05) is 6.07 Å². The summed E-state index contributed by atoms with van der Waals surface area (Å²) in [6.07, 6.45) is 3.80. The van der Waals surface area contributed by atoms with Crippen molar-refractivity contribution < 1.29 is 4.39 Å². The zero-order valence-electron chi connectivity index (χ0n) is 14.6. The minimum absolute atomic E-state index is 0.260. The van der Waals surface area contributed by atoms with E-state index in [9.17, 15) is 4.39 Å². The number of benzene rings is 1. The third-order valence-corrected chi connectivity index (χ3v) is 4.70. The number of rotatable bonds is 4. The molecule has 4 rings (SSSR count). The number of nitrogens with zero attached hydrogens (tertiary/aromatic N) is 3. The molecular formula is C19H21FN6. The Labute approximate surface area is 151 Å². The number of halogens is 1. The Kier molecular flexibility index (Phi) is 4.62. The minimum Gasteiger partial charge on any atom is -0.357 e. The summed E-state index contributed by atoms with van der Waals surface area (Å²) >= 11 is 0. The largest absolute Gasteiger partial charge is 0.357 e. The summed E-state index contributed by atoms with van der Waals surface area (Å²) in [5.74, 6) is 1.63. The van der Waals surface area contributed by atoms with Crippen LogP contribution in [0.4, 0.5) is 10.3 Å². The zero-order valence-corrected chi connectivity index (χ0v) is 14.6. The Morgan fingerprint density at radius 2 is 1.85 bits per heavy atom. The lowest BCUT2D eigenvalue weighted by Crippen LogP contribution is -2.27. The molecule has 1 aliphatic rings. The van der Waals surface area contributed by atoms with E-state index in [1.165, 1.54) is 12.1 Å². The molecule has 1 aromatic carbocycles. The van der Waals surface area contributed by atoms with Gasteiger partial charge in [0.2, 0.25) is 5.95 Å². The van der Waals surface area contributed by atoms with E-state index in [0.717, 1.165) is 54.4 Å². The van der Waals surface area contributed by atoms with Crippen LogP contribution < -0.4 is 10.6 Å². The van der Waals surface area contributed by atoms with E-state index in [-0.39, 0.29) is 5.82 Å². The highest BCUT2D eigenvalue weighted by molar-refractivity contribution is 5.77. The van der Waals surface area contributed by atoms with Gasteiger partial charge in [-0.25, -0.2) is 19.3 Å². The summed E-state index contributed by atoms with van der Waals surface area (Å²) in [6, 6.07) is 8.27. The Hall–Kier alpha value is -2.80. The standard InChI is InChI=1S/C19H21FN6/c1-21-19-23-11-8-15(24-19)17-16(12-2-4-14(20)5-3-12)25-18(26-17)13-6-9-22-10-7-13/h2-5,8,11,13,22H,6-7,9-10H2,1H3,(H,25,26)(H,21,23,24). The van der Waals surface area contributed by atoms with Gasteiger partial charge in [-0.1, -0.05) is 0 Å². The van der Waals surface area contributed by atoms with E-state index in [4.69, 9.17) is 4.98 Å². The number of hydrogen-bond acceptors (Lipinski definition) is 5. The van der Waals surface area contributed by atoms with Gasteiger partial charge in [-0.2, -0.15) is 0 Å². The number of aromatic amines is 1. The van der Waals surface area contributed by atoms with E-state index in [1.54, 1.807) is 25.4 Å². The van der Waals surface area contributed by atoms with Crippen molar-refractivity contribution >= 4 is 5.95 Å². The highest BCUT2D eigenvalue weighted by Gasteiger charge is 2.22. The van der Waals surface area contributed by atoms with Gasteiger partial charge >= 0.3 is 0 Å². The molecule has 3 heterocycles. The summed E-state index contributed by atoms with van der Waals surface area (Å²) in [5.41, 5.74) is 3.25. The van der Waals surface area contributed by atoms with Crippen LogP contribution in [0.3, 0.4) is 0 Å². The van der Waals surface area contributed by atoms with E-state index in [2.05, 4.69) is 25.6 Å². The van der Waals surface area contributed by atoms with Crippen LogP contribution in [0, 0.1) is 5.82 Å². The second-order valence-electron chi connectivity index (χ2n) is 6.39. The van der Waals surface area contributed by atoms with Crippen LogP contribution in [-0.2, 0) is 0 Å². The molecule has 0 bridgehead atoms. The molecule has 0 spiro atoms. The van der Waals surface area contributed by atoms with Gasteiger partial charge in [0.05, 0.1) is 17.1 Å². The average Bonchev–Trinajstić information content (AvgIpc) is 3.15. The van der Waals surface area contributed by atoms with Crippen molar-refractivity contribution in [2.45, 2.75) is 18.8 Å². The van der Waals surface area contributed by atoms with Gasteiger partial charge in [0.25, 0.3) is 0 Å². The lowest BCUT2D eigenvalue weighted by atomic mass is 9.98. The first-order valence-corrected chi connectivity index (χ1v) is 8.82. The molecule has 0 amide bonds. The van der Waals surface area contributed by atoms with Crippen LogP contribution >= 0.6 is 0 Å². The van der Waals surface area contributed by atoms with Crippen molar-refractivity contribution in [1.29, 1.82) is 0 Å². The van der Waals surface area contributed by atoms with Crippen molar-refractivity contribution in [1.82, 2.24) is 25.3 Å². The van der Waals surface area contributed by atoms with Crippen LogP contribution in [0.15, 0.2) is 36.5 Å². The molecule has 6 nitrogen and oxygen atoms in total. The predicted octanol–water partition coefficient (Wildman–Crippen LogP) is 3.18. The number of hydrogen-bond donors (Lipinski definition) is 3. The van der Waals surface area contributed by atoms with E-state index >= 15 is 0 Å². The number of aromatic nitrogens is 4. The highest BCUT2D eigenvalue weighted by atomic mass is 19.1. The van der Waals surface area contributed by atoms with Crippen LogP contribution in [-0.4, -0.2) is 40.1 Å². The second kappa shape index (κ2) is 7.21. The van der Waals surface area contributed by atoms with Crippen molar-refractivity contribution in [3.63, 3.8) is 0 Å². The lowest BCUT2D eigenvalue weighted by molar-refractivity contribution is 0.447. The summed E-state index contributed by atoms with van der Waals surface area (Å²) < 4.78 is 13.4. The fourth-order valence-electron chi connectivity index (χ4n) is 3.30. The molecule has 26 heavy (non-hydrogen) atoms. The monoisotopic (exact) mass is 352 g/mol. The fourth-order valence-corrected chi connectivity index (χ4v) is 3.30. The maximum absolute atomic E-state index is 13.4. The van der Waals surface area contributed by atoms with Gasteiger partial charge < -0.3 is 15.6 Å². The average molecular weight is 352 g/mol. The second-order valence-corrected chi connectivity index (χ2v) is 6.39. The molecule has 1 fully saturated rings. The van der Waals surface area contributed by atoms with Gasteiger partial charge in [-0.15, -0.1) is 0 Å². The van der Waals surface area contributed by atoms with E-state index < -0.39 is 0 Å². The Morgan fingerprint density at radius 1 is 1.08 bits per heavy atom. The van der Waals surface area contributed by atoms with Crippen molar-refractivity contribution in [2.75, 3.05) is 25.5 Å². The quantitative estimate of drug-likeness (QED) is 0.672. The molecule has 134 valence electrons. The number of nitrogens with one attached hydrogen (secondary N) is 3. The molecule has 0 radical (unpaired) electrons. The Morgan fingerprint density at radius 3 is 2.58 bits per heavy atom. The normalized spacial score (nSPS) is 15.2. The minimum atomic E-state index is -0.260. The van der Waals surface area contributed by atoms with Gasteiger partial charge in [-0.05, 0) is 56.3 Å². The van der Waals surface area contributed by atoms with Crippen molar-refractivity contribution in [2.24, 2.45) is 0 Å². The molecule has 3 N–H and O–H groups in total. The predicted molar refractivity (Wildman–Crippen MR) is 99.4 cm³/mol. The lowest BCUT2D eigenvalue weighted by Gasteiger charge is -2.20. The molecule has 0 unspecified atom stereocenters. The number of piperidine rings is 1. The summed E-state index contributed by atoms with van der Waals surface area (Å²) in [7, 11) is 1.79. The smallest absolute Gasteiger partial charge is 0.222 e. The molecule has 1 saturated heterocycles. The molecular weight excluding hydrogens is 331 g/mol. The zero-order chi connectivity index (χ0) is 17.9. The summed E-state index contributed by atoms with van der Waals surface area (Å²) in [4.78, 5) is 17.1. The van der Waals surface area contributed by atoms with Crippen LogP contribution in [0.25, 0.3) is 22.6 Å². The van der Waals surface area contributed by atoms with Gasteiger partial charge in [0, 0.05) is 24.7 Å². The number of anilines is 1. The summed E-state index contributed by atoms with van der Waals surface area (Å²) in [6.45, 7) is 1.98. The molecule has 7 heteroatoms. The Bertz CT molecular complexity index is 883. The van der Waals surface area contributed by atoms with Crippen LogP contribution in [0.5, 0.6) is 0 Å². The molecule has 1 aliphatic heterocycles. The van der Waals surface area contributed by atoms with Gasteiger partial charge in [0.1, 0.15) is 11.6 Å². The molecule has 0 atom stereocenters. The molecule has 2 aromatic heterocycles. The topological polar surface area (TPSA) is 78.5 Å². The SMILES string of the molecule is CNc1nccc(-c2[nH]c(C3CCNCC3)nc2-c2ccc(F)cc2)n1. The first kappa shape index (κ1) is 16.7. The van der Waals surface area contributed by atoms with Gasteiger partial charge in [0.15, 0.2) is 0 Å². The third-order valence-electron chi connectivity index (χ3n) is 4.70. The number of imidazole rings is 1. The maximum atomic E-state index is 13.4. The molecule has 0 saturated carbocycles. The first-order chi connectivity index (χ1) is 12.7. The maximum Gasteiger partial charge on any atom is 0.222 e. The first-order valence-electron chi connectivity index (χ1n) is 8.82. The highest BCUT2D eigenvalue weighted by Crippen LogP contribution is 2.33. The summed E-state index contributed by atoms with van der Waals surface area (Å²) in [5, 5.41) is 6.34. The van der Waals surface area contributed by atoms with Crippen LogP contribution in [0.1, 0.15) is 24.6 Å². The molecule has 0 aliphatic carbocycles. The molecule has 3 aromatic rings. The Balaban J connectivity index is 1.81. The fraction of sp³-hybridized carbons (Fsp3) is 0.316.